The molecule has 8 nitrogen and oxygen atoms in total. The lowest BCUT2D eigenvalue weighted by Crippen LogP contribution is -2.15. The fourth-order valence-corrected chi connectivity index (χ4v) is 4.29. The van der Waals surface area contributed by atoms with Gasteiger partial charge in [-0.05, 0) is 47.0 Å². The third-order valence-electron chi connectivity index (χ3n) is 3.94. The Labute approximate surface area is 168 Å². The molecule has 0 aliphatic rings. The smallest absolute Gasteiger partial charge is 0.230 e. The van der Waals surface area contributed by atoms with Crippen molar-refractivity contribution in [2.75, 3.05) is 12.4 Å². The first-order valence-electron chi connectivity index (χ1n) is 8.35. The molecule has 3 heterocycles. The molecule has 0 fully saturated rings. The Bertz CT molecular complexity index is 1100. The van der Waals surface area contributed by atoms with Gasteiger partial charge in [0.2, 0.25) is 5.91 Å². The van der Waals surface area contributed by atoms with E-state index in [9.17, 15) is 4.79 Å². The second-order valence-electron chi connectivity index (χ2n) is 5.87. The minimum absolute atomic E-state index is 0.146. The van der Waals surface area contributed by atoms with Crippen molar-refractivity contribution in [3.05, 3.63) is 52.6 Å². The van der Waals surface area contributed by atoms with E-state index in [4.69, 9.17) is 4.74 Å². The molecule has 1 N–H and O–H groups in total. The third kappa shape index (κ3) is 3.78. The molecule has 0 radical (unpaired) electrons. The van der Waals surface area contributed by atoms with E-state index in [2.05, 4.69) is 25.8 Å². The number of tetrazole rings is 1. The summed E-state index contributed by atoms with van der Waals surface area (Å²) in [5.74, 6) is 1.08. The number of thiophene rings is 1. The minimum Gasteiger partial charge on any atom is -0.494 e. The molecule has 0 saturated carbocycles. The number of hydrogen-bond donors (Lipinski definition) is 1. The Morgan fingerprint density at radius 1 is 1.29 bits per heavy atom. The van der Waals surface area contributed by atoms with Crippen LogP contribution in [-0.2, 0) is 11.2 Å². The molecule has 0 atom stereocenters. The van der Waals surface area contributed by atoms with E-state index in [1.54, 1.807) is 59.6 Å². The Hall–Kier alpha value is -3.11. The van der Waals surface area contributed by atoms with Crippen molar-refractivity contribution in [1.29, 1.82) is 0 Å². The number of amides is 1. The Morgan fingerprint density at radius 3 is 2.89 bits per heavy atom. The highest BCUT2D eigenvalue weighted by atomic mass is 32.1. The maximum atomic E-state index is 12.5. The van der Waals surface area contributed by atoms with Crippen LogP contribution in [0.25, 0.3) is 15.6 Å². The number of aromatic nitrogens is 5. The summed E-state index contributed by atoms with van der Waals surface area (Å²) >= 11 is 3.17. The van der Waals surface area contributed by atoms with E-state index < -0.39 is 0 Å². The monoisotopic (exact) mass is 412 g/mol. The van der Waals surface area contributed by atoms with Crippen molar-refractivity contribution >= 4 is 34.3 Å². The number of nitrogens with zero attached hydrogens (tertiary/aromatic N) is 5. The first-order chi connectivity index (χ1) is 13.6. The first-order valence-corrected chi connectivity index (χ1v) is 10.1. The molecular formula is C18H16N6O2S2. The van der Waals surface area contributed by atoms with Crippen molar-refractivity contribution in [2.45, 2.75) is 13.3 Å². The van der Waals surface area contributed by atoms with E-state index in [1.807, 2.05) is 22.9 Å². The molecule has 142 valence electrons. The number of nitrogens with one attached hydrogen (secondary N) is 1. The number of hydrogen-bond acceptors (Lipinski definition) is 8. The number of rotatable bonds is 6. The van der Waals surface area contributed by atoms with Crippen LogP contribution in [0.3, 0.4) is 0 Å². The van der Waals surface area contributed by atoms with Crippen LogP contribution in [0.15, 0.2) is 41.1 Å². The van der Waals surface area contributed by atoms with Crippen LogP contribution in [-0.4, -0.2) is 38.2 Å². The number of aryl methyl sites for hydroxylation is 1. The average molecular weight is 413 g/mol. The van der Waals surface area contributed by atoms with Crippen molar-refractivity contribution in [2.24, 2.45) is 0 Å². The first kappa shape index (κ1) is 18.3. The number of benzene rings is 1. The molecule has 0 aliphatic carbocycles. The average Bonchev–Trinajstić information content (AvgIpc) is 3.43. The zero-order chi connectivity index (χ0) is 19.5. The number of carbonyl (C=O) groups excluding carboxylic acids is 1. The van der Waals surface area contributed by atoms with Gasteiger partial charge in [-0.3, -0.25) is 4.79 Å². The molecule has 4 aromatic rings. The summed E-state index contributed by atoms with van der Waals surface area (Å²) in [5.41, 5.74) is 2.02. The molecular weight excluding hydrogens is 396 g/mol. The predicted molar refractivity (Wildman–Crippen MR) is 108 cm³/mol. The normalized spacial score (nSPS) is 10.8. The zero-order valence-corrected chi connectivity index (χ0v) is 16.8. The van der Waals surface area contributed by atoms with Crippen molar-refractivity contribution in [3.8, 4) is 21.3 Å². The number of methoxy groups -OCH3 is 1. The van der Waals surface area contributed by atoms with Gasteiger partial charge in [0.05, 0.1) is 24.1 Å². The maximum Gasteiger partial charge on any atom is 0.230 e. The second kappa shape index (κ2) is 7.87. The second-order valence-corrected chi connectivity index (χ2v) is 7.68. The third-order valence-corrected chi connectivity index (χ3v) is 5.87. The van der Waals surface area contributed by atoms with Gasteiger partial charge < -0.3 is 10.1 Å². The van der Waals surface area contributed by atoms with Crippen LogP contribution in [0.1, 0.15) is 11.5 Å². The lowest BCUT2D eigenvalue weighted by Gasteiger charge is -2.11. The summed E-state index contributed by atoms with van der Waals surface area (Å²) in [4.78, 5) is 18.1. The lowest BCUT2D eigenvalue weighted by molar-refractivity contribution is -0.115. The molecule has 10 heteroatoms. The summed E-state index contributed by atoms with van der Waals surface area (Å²) < 4.78 is 6.94. The highest BCUT2D eigenvalue weighted by Crippen LogP contribution is 2.29. The van der Waals surface area contributed by atoms with Crippen molar-refractivity contribution in [3.63, 3.8) is 0 Å². The quantitative estimate of drug-likeness (QED) is 0.522. The molecule has 3 aromatic heterocycles. The summed E-state index contributed by atoms with van der Waals surface area (Å²) in [6, 6.07) is 9.33. The van der Waals surface area contributed by atoms with Crippen LogP contribution < -0.4 is 10.1 Å². The highest BCUT2D eigenvalue weighted by molar-refractivity contribution is 7.20. The zero-order valence-electron chi connectivity index (χ0n) is 15.1. The topological polar surface area (TPSA) is 94.8 Å². The Morgan fingerprint density at radius 2 is 2.18 bits per heavy atom. The maximum absolute atomic E-state index is 12.5. The molecule has 1 amide bonds. The Kier molecular flexibility index (Phi) is 5.13. The van der Waals surface area contributed by atoms with Gasteiger partial charge in [-0.15, -0.1) is 27.8 Å². The van der Waals surface area contributed by atoms with E-state index >= 15 is 0 Å². The van der Waals surface area contributed by atoms with Crippen molar-refractivity contribution in [1.82, 2.24) is 25.2 Å². The van der Waals surface area contributed by atoms with Gasteiger partial charge in [0.25, 0.3) is 0 Å². The summed E-state index contributed by atoms with van der Waals surface area (Å²) in [6.07, 6.45) is 0.202. The molecule has 0 spiro atoms. The van der Waals surface area contributed by atoms with Gasteiger partial charge in [0, 0.05) is 11.1 Å². The van der Waals surface area contributed by atoms with Gasteiger partial charge in [-0.1, -0.05) is 6.07 Å². The standard InChI is InChI=1S/C18H16N6O2S2/c1-11-21-22-23-24(11)14-8-12(5-6-15(14)26-2)19-17(25)9-13-10-28-18(20-13)16-4-3-7-27-16/h3-8,10H,9H2,1-2H3,(H,19,25). The Balaban J connectivity index is 1.50. The number of anilines is 1. The molecule has 0 bridgehead atoms. The SMILES string of the molecule is COc1ccc(NC(=O)Cc2csc(-c3cccs3)n2)cc1-n1nnnc1C. The van der Waals surface area contributed by atoms with Crippen LogP contribution in [0.2, 0.25) is 0 Å². The van der Waals surface area contributed by atoms with Crippen LogP contribution in [0, 0.1) is 6.92 Å². The highest BCUT2D eigenvalue weighted by Gasteiger charge is 2.14. The largest absolute Gasteiger partial charge is 0.494 e. The fourth-order valence-electron chi connectivity index (χ4n) is 2.66. The molecule has 1 aromatic carbocycles. The number of ether oxygens (including phenoxy) is 1. The number of carbonyl (C=O) groups is 1. The van der Waals surface area contributed by atoms with Crippen LogP contribution >= 0.6 is 22.7 Å². The van der Waals surface area contributed by atoms with E-state index in [0.717, 1.165) is 15.6 Å². The molecule has 0 aliphatic heterocycles. The number of thiazole rings is 1. The van der Waals surface area contributed by atoms with E-state index in [-0.39, 0.29) is 12.3 Å². The molecule has 28 heavy (non-hydrogen) atoms. The fraction of sp³-hybridized carbons (Fsp3) is 0.167. The van der Waals surface area contributed by atoms with Gasteiger partial charge in [-0.2, -0.15) is 4.68 Å². The van der Waals surface area contributed by atoms with Gasteiger partial charge >= 0.3 is 0 Å². The van der Waals surface area contributed by atoms with Crippen LogP contribution in [0.5, 0.6) is 5.75 Å². The summed E-state index contributed by atoms with van der Waals surface area (Å²) in [7, 11) is 1.57. The van der Waals surface area contributed by atoms with E-state index in [0.29, 0.717) is 22.9 Å². The summed E-state index contributed by atoms with van der Waals surface area (Å²) in [6.45, 7) is 1.79. The van der Waals surface area contributed by atoms with Crippen molar-refractivity contribution < 1.29 is 9.53 Å². The van der Waals surface area contributed by atoms with Gasteiger partial charge in [0.15, 0.2) is 5.82 Å². The van der Waals surface area contributed by atoms with Gasteiger partial charge in [-0.25, -0.2) is 4.98 Å². The van der Waals surface area contributed by atoms with E-state index in [1.165, 1.54) is 0 Å². The molecule has 0 unspecified atom stereocenters. The summed E-state index contributed by atoms with van der Waals surface area (Å²) in [5, 5.41) is 19.3. The minimum atomic E-state index is -0.146. The predicted octanol–water partition coefficient (Wildman–Crippen LogP) is 3.35. The van der Waals surface area contributed by atoms with Crippen LogP contribution in [0.4, 0.5) is 5.69 Å². The lowest BCUT2D eigenvalue weighted by atomic mass is 10.2. The molecule has 4 rings (SSSR count). The van der Waals surface area contributed by atoms with Gasteiger partial charge in [0.1, 0.15) is 16.4 Å². The molecule has 0 saturated heterocycles.